The monoisotopic (exact) mass is 179 g/mol. The Morgan fingerprint density at radius 1 is 1.33 bits per heavy atom. The predicted molar refractivity (Wildman–Crippen MR) is 43.8 cm³/mol. The van der Waals surface area contributed by atoms with Gasteiger partial charge in [0.15, 0.2) is 0 Å². The highest BCUT2D eigenvalue weighted by molar-refractivity contribution is 4.67. The Balaban J connectivity index is 3.43. The van der Waals surface area contributed by atoms with Crippen LogP contribution >= 0.6 is 0 Å². The van der Waals surface area contributed by atoms with E-state index >= 15 is 0 Å². The Kier molecular flexibility index (Phi) is 7.33. The molecule has 12 heavy (non-hydrogen) atoms. The predicted octanol–water partition coefficient (Wildman–Crippen LogP) is -2.06. The maximum absolute atomic E-state index is 8.94. The van der Waals surface area contributed by atoms with Crippen LogP contribution in [0.5, 0.6) is 0 Å². The summed E-state index contributed by atoms with van der Waals surface area (Å²) >= 11 is 0. The molecule has 0 aliphatic carbocycles. The van der Waals surface area contributed by atoms with E-state index in [9.17, 15) is 0 Å². The molecule has 5 nitrogen and oxygen atoms in total. The Morgan fingerprint density at radius 2 is 2.00 bits per heavy atom. The van der Waals surface area contributed by atoms with Crippen molar-refractivity contribution in [2.75, 3.05) is 33.5 Å². The summed E-state index contributed by atoms with van der Waals surface area (Å²) in [5.74, 6) is 0. The summed E-state index contributed by atoms with van der Waals surface area (Å²) in [7, 11) is 1.53. The second kappa shape index (κ2) is 7.45. The first-order chi connectivity index (χ1) is 5.74. The Bertz CT molecular complexity index is 101. The first kappa shape index (κ1) is 11.8. The number of aliphatic hydroxyl groups is 3. The lowest BCUT2D eigenvalue weighted by Crippen LogP contribution is -2.41. The van der Waals surface area contributed by atoms with Gasteiger partial charge in [0.1, 0.15) is 0 Å². The number of methoxy groups -OCH3 is 1. The fraction of sp³-hybridized carbons (Fsp3) is 1.00. The summed E-state index contributed by atoms with van der Waals surface area (Å²) in [5.41, 5.74) is 0. The quantitative estimate of drug-likeness (QED) is 0.361. The zero-order chi connectivity index (χ0) is 9.40. The molecule has 0 rings (SSSR count). The van der Waals surface area contributed by atoms with Gasteiger partial charge >= 0.3 is 0 Å². The van der Waals surface area contributed by atoms with Gasteiger partial charge in [0.25, 0.3) is 0 Å². The molecule has 0 amide bonds. The average Bonchev–Trinajstić information content (AvgIpc) is 2.11. The zero-order valence-corrected chi connectivity index (χ0v) is 7.23. The van der Waals surface area contributed by atoms with Crippen molar-refractivity contribution in [2.45, 2.75) is 12.1 Å². The van der Waals surface area contributed by atoms with Gasteiger partial charge in [-0.15, -0.1) is 0 Å². The minimum absolute atomic E-state index is 0.0496. The molecule has 0 heterocycles. The van der Waals surface area contributed by atoms with Gasteiger partial charge in [0.05, 0.1) is 32.0 Å². The molecule has 0 saturated carbocycles. The van der Waals surface area contributed by atoms with E-state index in [2.05, 4.69) is 5.32 Å². The normalized spacial score (nSPS) is 16.0. The van der Waals surface area contributed by atoms with E-state index in [4.69, 9.17) is 20.1 Å². The number of hydrogen-bond donors (Lipinski definition) is 4. The van der Waals surface area contributed by atoms with Crippen LogP contribution < -0.4 is 5.32 Å². The van der Waals surface area contributed by atoms with Gasteiger partial charge < -0.3 is 25.4 Å². The number of ether oxygens (including phenoxy) is 1. The Labute approximate surface area is 72.0 Å². The van der Waals surface area contributed by atoms with Gasteiger partial charge in [-0.25, -0.2) is 0 Å². The highest BCUT2D eigenvalue weighted by Gasteiger charge is 2.08. The van der Waals surface area contributed by atoms with Crippen molar-refractivity contribution in [1.29, 1.82) is 0 Å². The molecule has 0 aliphatic rings. The number of nitrogens with one attached hydrogen (secondary N) is 1. The number of aliphatic hydroxyl groups excluding tert-OH is 3. The summed E-state index contributed by atoms with van der Waals surface area (Å²) in [6.07, 6.45) is -0.782. The molecule has 5 heteroatoms. The molecule has 0 radical (unpaired) electrons. The highest BCUT2D eigenvalue weighted by atomic mass is 16.5. The molecule has 0 spiro atoms. The van der Waals surface area contributed by atoms with Crippen LogP contribution in [0.2, 0.25) is 0 Å². The molecule has 74 valence electrons. The van der Waals surface area contributed by atoms with Crippen LogP contribution in [0.1, 0.15) is 0 Å². The van der Waals surface area contributed by atoms with E-state index < -0.39 is 6.10 Å². The fourth-order valence-electron chi connectivity index (χ4n) is 0.745. The lowest BCUT2D eigenvalue weighted by molar-refractivity contribution is 0.0775. The molecule has 0 aromatic heterocycles. The molecule has 0 bridgehead atoms. The van der Waals surface area contributed by atoms with Crippen LogP contribution in [0.25, 0.3) is 0 Å². The molecule has 0 aliphatic heterocycles. The second-order valence-electron chi connectivity index (χ2n) is 2.58. The first-order valence-electron chi connectivity index (χ1n) is 3.86. The standard InChI is InChI=1S/C7H17NO4/c1-12-5-6(3-9)8-2-7(11)4-10/h6-11H,2-5H2,1H3. The second-order valence-corrected chi connectivity index (χ2v) is 2.58. The van der Waals surface area contributed by atoms with Crippen molar-refractivity contribution in [1.82, 2.24) is 5.32 Å². The smallest absolute Gasteiger partial charge is 0.0895 e. The molecule has 2 unspecified atom stereocenters. The lowest BCUT2D eigenvalue weighted by Gasteiger charge is -2.16. The van der Waals surface area contributed by atoms with Crippen LogP contribution in [0.15, 0.2) is 0 Å². The Hall–Kier alpha value is -0.200. The van der Waals surface area contributed by atoms with Crippen LogP contribution in [0.3, 0.4) is 0 Å². The van der Waals surface area contributed by atoms with Gasteiger partial charge in [-0.3, -0.25) is 0 Å². The van der Waals surface area contributed by atoms with Gasteiger partial charge in [-0.1, -0.05) is 0 Å². The van der Waals surface area contributed by atoms with Crippen molar-refractivity contribution in [3.05, 3.63) is 0 Å². The van der Waals surface area contributed by atoms with E-state index in [0.717, 1.165) is 0 Å². The highest BCUT2D eigenvalue weighted by Crippen LogP contribution is 1.85. The molecular weight excluding hydrogens is 162 g/mol. The first-order valence-corrected chi connectivity index (χ1v) is 3.86. The third kappa shape index (κ3) is 5.45. The molecule has 0 aromatic carbocycles. The van der Waals surface area contributed by atoms with E-state index in [-0.39, 0.29) is 25.8 Å². The summed E-state index contributed by atoms with van der Waals surface area (Å²) in [6, 6.07) is -0.184. The van der Waals surface area contributed by atoms with E-state index in [1.807, 2.05) is 0 Å². The van der Waals surface area contributed by atoms with E-state index in [1.165, 1.54) is 7.11 Å². The van der Waals surface area contributed by atoms with E-state index in [0.29, 0.717) is 6.61 Å². The summed E-state index contributed by atoms with van der Waals surface area (Å²) in [5, 5.41) is 29.0. The average molecular weight is 179 g/mol. The van der Waals surface area contributed by atoms with Crippen molar-refractivity contribution in [2.24, 2.45) is 0 Å². The number of hydrogen-bond acceptors (Lipinski definition) is 5. The largest absolute Gasteiger partial charge is 0.395 e. The van der Waals surface area contributed by atoms with Gasteiger partial charge in [-0.2, -0.15) is 0 Å². The lowest BCUT2D eigenvalue weighted by atomic mass is 10.3. The number of rotatable bonds is 7. The molecule has 0 fully saturated rings. The van der Waals surface area contributed by atoms with Crippen LogP contribution in [0, 0.1) is 0 Å². The molecule has 0 aromatic rings. The topological polar surface area (TPSA) is 82.0 Å². The molecule has 4 N–H and O–H groups in total. The van der Waals surface area contributed by atoms with Crippen LogP contribution in [0.4, 0.5) is 0 Å². The van der Waals surface area contributed by atoms with E-state index in [1.54, 1.807) is 0 Å². The van der Waals surface area contributed by atoms with Crippen molar-refractivity contribution < 1.29 is 20.1 Å². The van der Waals surface area contributed by atoms with Crippen molar-refractivity contribution >= 4 is 0 Å². The van der Waals surface area contributed by atoms with Crippen LogP contribution in [-0.4, -0.2) is 60.9 Å². The van der Waals surface area contributed by atoms with Crippen LogP contribution in [-0.2, 0) is 4.74 Å². The van der Waals surface area contributed by atoms with Gasteiger partial charge in [0, 0.05) is 13.7 Å². The Morgan fingerprint density at radius 3 is 2.42 bits per heavy atom. The molecule has 2 atom stereocenters. The van der Waals surface area contributed by atoms with Crippen molar-refractivity contribution in [3.8, 4) is 0 Å². The summed E-state index contributed by atoms with van der Waals surface area (Å²) in [6.45, 7) is 0.309. The maximum atomic E-state index is 8.94. The maximum Gasteiger partial charge on any atom is 0.0895 e. The third-order valence-electron chi connectivity index (χ3n) is 1.44. The minimum atomic E-state index is -0.782. The summed E-state index contributed by atoms with van der Waals surface area (Å²) < 4.78 is 4.79. The summed E-state index contributed by atoms with van der Waals surface area (Å²) in [4.78, 5) is 0. The SMILES string of the molecule is COCC(CO)NCC(O)CO. The zero-order valence-electron chi connectivity index (χ0n) is 7.23. The van der Waals surface area contributed by atoms with Gasteiger partial charge in [0.2, 0.25) is 0 Å². The molecule has 0 saturated heterocycles. The van der Waals surface area contributed by atoms with Crippen molar-refractivity contribution in [3.63, 3.8) is 0 Å². The minimum Gasteiger partial charge on any atom is -0.395 e. The molecular formula is C7H17NO4. The fourth-order valence-corrected chi connectivity index (χ4v) is 0.745. The third-order valence-corrected chi connectivity index (χ3v) is 1.44. The van der Waals surface area contributed by atoms with Gasteiger partial charge in [-0.05, 0) is 0 Å².